The Labute approximate surface area is 124 Å². The number of hydrogen-bond acceptors (Lipinski definition) is 3. The number of amides is 2. The summed E-state index contributed by atoms with van der Waals surface area (Å²) in [5, 5.41) is 1.99. The van der Waals surface area contributed by atoms with Crippen molar-refractivity contribution in [1.82, 2.24) is 9.80 Å². The molecule has 2 aliphatic heterocycles. The number of nitrogens with zero attached hydrogens (tertiary/aromatic N) is 2. The molecule has 2 amide bonds. The summed E-state index contributed by atoms with van der Waals surface area (Å²) in [5.74, 6) is 0.194. The van der Waals surface area contributed by atoms with Crippen molar-refractivity contribution in [2.24, 2.45) is 0 Å². The zero-order valence-electron chi connectivity index (χ0n) is 10.6. The van der Waals surface area contributed by atoms with E-state index in [4.69, 9.17) is 0 Å². The molecule has 2 fully saturated rings. The first kappa shape index (κ1) is 13.1. The van der Waals surface area contributed by atoms with E-state index in [-0.39, 0.29) is 23.9 Å². The van der Waals surface area contributed by atoms with Gasteiger partial charge in [0.1, 0.15) is 12.1 Å². The van der Waals surface area contributed by atoms with Crippen molar-refractivity contribution in [1.29, 1.82) is 0 Å². The van der Waals surface area contributed by atoms with Crippen LogP contribution in [-0.4, -0.2) is 40.2 Å². The van der Waals surface area contributed by atoms with Crippen molar-refractivity contribution >= 4 is 39.1 Å². The Balaban J connectivity index is 1.86. The second-order valence-electron chi connectivity index (χ2n) is 5.02. The highest BCUT2D eigenvalue weighted by atomic mass is 79.9. The highest BCUT2D eigenvalue weighted by Gasteiger charge is 2.45. The fourth-order valence-corrected chi connectivity index (χ4v) is 4.33. The minimum Gasteiger partial charge on any atom is -0.329 e. The predicted molar refractivity (Wildman–Crippen MR) is 76.8 cm³/mol. The van der Waals surface area contributed by atoms with Crippen molar-refractivity contribution in [3.05, 3.63) is 20.8 Å². The zero-order valence-corrected chi connectivity index (χ0v) is 13.0. The molecule has 0 saturated carbocycles. The largest absolute Gasteiger partial charge is 0.329 e. The van der Waals surface area contributed by atoms with E-state index in [1.54, 1.807) is 21.1 Å². The lowest BCUT2D eigenvalue weighted by Gasteiger charge is -2.40. The first-order chi connectivity index (χ1) is 9.09. The summed E-state index contributed by atoms with van der Waals surface area (Å²) >= 11 is 5.09. The molecule has 2 unspecified atom stereocenters. The first-order valence-corrected chi connectivity index (χ1v) is 8.09. The number of fused-ring (bicyclic) bond motifs is 1. The lowest BCUT2D eigenvalue weighted by molar-refractivity contribution is -0.159. The third-order valence-electron chi connectivity index (χ3n) is 3.93. The van der Waals surface area contributed by atoms with Gasteiger partial charge in [-0.1, -0.05) is 0 Å². The third-order valence-corrected chi connectivity index (χ3v) is 5.85. The van der Waals surface area contributed by atoms with Crippen LogP contribution in [0.2, 0.25) is 0 Å². The van der Waals surface area contributed by atoms with Gasteiger partial charge in [0.25, 0.3) is 0 Å². The highest BCUT2D eigenvalue weighted by Crippen LogP contribution is 2.30. The molecule has 0 N–H and O–H groups in total. The van der Waals surface area contributed by atoms with Crippen molar-refractivity contribution < 1.29 is 9.59 Å². The van der Waals surface area contributed by atoms with E-state index < -0.39 is 0 Å². The predicted octanol–water partition coefficient (Wildman–Crippen LogP) is 2.23. The molecule has 0 radical (unpaired) electrons. The van der Waals surface area contributed by atoms with E-state index >= 15 is 0 Å². The summed E-state index contributed by atoms with van der Waals surface area (Å²) in [6.07, 6.45) is 1.74. The fraction of sp³-hybridized carbons (Fsp3) is 0.538. The molecule has 19 heavy (non-hydrogen) atoms. The van der Waals surface area contributed by atoms with E-state index in [1.165, 1.54) is 0 Å². The average molecular weight is 343 g/mol. The van der Waals surface area contributed by atoms with Gasteiger partial charge >= 0.3 is 0 Å². The molecule has 1 aromatic rings. The quantitative estimate of drug-likeness (QED) is 0.826. The van der Waals surface area contributed by atoms with Crippen molar-refractivity contribution in [3.8, 4) is 0 Å². The monoisotopic (exact) mass is 342 g/mol. The van der Waals surface area contributed by atoms with Crippen LogP contribution in [0.1, 0.15) is 24.6 Å². The molecule has 0 spiro atoms. The Bertz CT molecular complexity index is 530. The Morgan fingerprint density at radius 2 is 2.21 bits per heavy atom. The van der Waals surface area contributed by atoms with E-state index in [1.807, 2.05) is 18.4 Å². The van der Waals surface area contributed by atoms with Crippen molar-refractivity contribution in [2.45, 2.75) is 38.4 Å². The van der Waals surface area contributed by atoms with Gasteiger partial charge in [0.05, 0.1) is 6.54 Å². The smallest absolute Gasteiger partial charge is 0.246 e. The van der Waals surface area contributed by atoms with E-state index in [2.05, 4.69) is 15.9 Å². The van der Waals surface area contributed by atoms with E-state index in [0.29, 0.717) is 6.54 Å². The maximum Gasteiger partial charge on any atom is 0.246 e. The van der Waals surface area contributed by atoms with Gasteiger partial charge in [0.2, 0.25) is 11.8 Å². The topological polar surface area (TPSA) is 40.6 Å². The molecule has 4 nitrogen and oxygen atoms in total. The third kappa shape index (κ3) is 2.10. The number of carbonyl (C=O) groups excluding carboxylic acids is 2. The Hall–Kier alpha value is -0.880. The minimum atomic E-state index is -0.351. The summed E-state index contributed by atoms with van der Waals surface area (Å²) < 4.78 is 1.01. The van der Waals surface area contributed by atoms with Crippen LogP contribution in [0.5, 0.6) is 0 Å². The second-order valence-corrected chi connectivity index (χ2v) is 6.88. The molecule has 3 heterocycles. The van der Waals surface area contributed by atoms with Gasteiger partial charge in [0.15, 0.2) is 0 Å². The molecule has 3 rings (SSSR count). The lowest BCUT2D eigenvalue weighted by atomic mass is 10.1. The molecule has 0 aromatic carbocycles. The lowest BCUT2D eigenvalue weighted by Crippen LogP contribution is -2.61. The molecule has 6 heteroatoms. The SMILES string of the molecule is CC1C(=O)N2CCCC2C(=O)N1Cc1sccc1Br. The molecule has 102 valence electrons. The van der Waals surface area contributed by atoms with Gasteiger partial charge in [-0.3, -0.25) is 9.59 Å². The van der Waals surface area contributed by atoms with Crippen LogP contribution in [0.3, 0.4) is 0 Å². The number of carbonyl (C=O) groups is 2. The van der Waals surface area contributed by atoms with Crippen molar-refractivity contribution in [3.63, 3.8) is 0 Å². The number of piperazine rings is 1. The Morgan fingerprint density at radius 1 is 1.42 bits per heavy atom. The van der Waals surface area contributed by atoms with Crippen LogP contribution < -0.4 is 0 Å². The Morgan fingerprint density at radius 3 is 2.89 bits per heavy atom. The van der Waals surface area contributed by atoms with Gasteiger partial charge in [-0.15, -0.1) is 11.3 Å². The number of halogens is 1. The summed E-state index contributed by atoms with van der Waals surface area (Å²) in [6, 6.07) is 1.40. The van der Waals surface area contributed by atoms with Gasteiger partial charge < -0.3 is 9.80 Å². The maximum atomic E-state index is 12.5. The van der Waals surface area contributed by atoms with Crippen LogP contribution in [0, 0.1) is 0 Å². The minimum absolute atomic E-state index is 0.0924. The van der Waals surface area contributed by atoms with E-state index in [9.17, 15) is 9.59 Å². The number of thiophene rings is 1. The van der Waals surface area contributed by atoms with Crippen LogP contribution in [0.25, 0.3) is 0 Å². The molecule has 2 saturated heterocycles. The van der Waals surface area contributed by atoms with Crippen molar-refractivity contribution in [2.75, 3.05) is 6.54 Å². The summed E-state index contributed by atoms with van der Waals surface area (Å²) in [7, 11) is 0. The molecular formula is C13H15BrN2O2S. The molecule has 2 atom stereocenters. The average Bonchev–Trinajstić information content (AvgIpc) is 3.01. The van der Waals surface area contributed by atoms with Crippen LogP contribution in [0.15, 0.2) is 15.9 Å². The standard InChI is InChI=1S/C13H15BrN2O2S/c1-8-12(17)15-5-2-3-10(15)13(18)16(8)7-11-9(14)4-6-19-11/h4,6,8,10H,2-3,5,7H2,1H3. The number of rotatable bonds is 2. The summed E-state index contributed by atoms with van der Waals surface area (Å²) in [6.45, 7) is 3.08. The summed E-state index contributed by atoms with van der Waals surface area (Å²) in [4.78, 5) is 29.4. The normalized spacial score (nSPS) is 27.1. The van der Waals surface area contributed by atoms with E-state index in [0.717, 1.165) is 28.7 Å². The zero-order chi connectivity index (χ0) is 13.6. The molecular weight excluding hydrogens is 328 g/mol. The van der Waals surface area contributed by atoms with Gasteiger partial charge in [-0.25, -0.2) is 0 Å². The molecule has 2 aliphatic rings. The molecule has 0 bridgehead atoms. The molecule has 1 aromatic heterocycles. The van der Waals surface area contributed by atoms with Gasteiger partial charge in [0, 0.05) is 15.9 Å². The van der Waals surface area contributed by atoms with Crippen LogP contribution >= 0.6 is 27.3 Å². The highest BCUT2D eigenvalue weighted by molar-refractivity contribution is 9.10. The number of hydrogen-bond donors (Lipinski definition) is 0. The van der Waals surface area contributed by atoms with Gasteiger partial charge in [-0.2, -0.15) is 0 Å². The second kappa shape index (κ2) is 4.90. The summed E-state index contributed by atoms with van der Waals surface area (Å²) in [5.41, 5.74) is 0. The van der Waals surface area contributed by atoms with Crippen LogP contribution in [0.4, 0.5) is 0 Å². The fourth-order valence-electron chi connectivity index (χ4n) is 2.85. The van der Waals surface area contributed by atoms with Crippen LogP contribution in [-0.2, 0) is 16.1 Å². The maximum absolute atomic E-state index is 12.5. The Kier molecular flexibility index (Phi) is 3.39. The van der Waals surface area contributed by atoms with Gasteiger partial charge in [-0.05, 0) is 47.1 Å². The molecule has 0 aliphatic carbocycles. The first-order valence-electron chi connectivity index (χ1n) is 6.42.